The van der Waals surface area contributed by atoms with Gasteiger partial charge in [-0.25, -0.2) is 4.98 Å². The van der Waals surface area contributed by atoms with Gasteiger partial charge >= 0.3 is 0 Å². The maximum atomic E-state index is 11.6. The average Bonchev–Trinajstić information content (AvgIpc) is 2.61. The van der Waals surface area contributed by atoms with Crippen LogP contribution in [0.3, 0.4) is 0 Å². The van der Waals surface area contributed by atoms with Crippen LogP contribution in [-0.2, 0) is 4.79 Å². The lowest BCUT2D eigenvalue weighted by Crippen LogP contribution is -2.40. The molecule has 1 heterocycles. The second kappa shape index (κ2) is 5.18. The molecule has 1 rings (SSSR count). The van der Waals surface area contributed by atoms with Gasteiger partial charge in [0.1, 0.15) is 5.82 Å². The molecule has 0 aliphatic rings. The summed E-state index contributed by atoms with van der Waals surface area (Å²) in [7, 11) is 0. The van der Waals surface area contributed by atoms with E-state index in [4.69, 9.17) is 5.73 Å². The molecule has 5 nitrogen and oxygen atoms in total. The number of rotatable bonds is 4. The summed E-state index contributed by atoms with van der Waals surface area (Å²) in [6, 6.07) is -0.487. The van der Waals surface area contributed by atoms with Crippen molar-refractivity contribution in [1.82, 2.24) is 9.36 Å². The molecular formula is C9H16N4OS. The second-order valence-electron chi connectivity index (χ2n) is 3.55. The molecule has 2 unspecified atom stereocenters. The van der Waals surface area contributed by atoms with Gasteiger partial charge < -0.3 is 5.73 Å². The molecule has 0 aliphatic carbocycles. The first kappa shape index (κ1) is 12.1. The Morgan fingerprint density at radius 3 is 2.80 bits per heavy atom. The minimum absolute atomic E-state index is 0.166. The third-order valence-corrected chi connectivity index (χ3v) is 3.04. The van der Waals surface area contributed by atoms with Crippen LogP contribution in [0.1, 0.15) is 26.1 Å². The summed E-state index contributed by atoms with van der Waals surface area (Å²) in [5.74, 6) is 0.631. The SMILES string of the molecule is CCC(C)C(N)C(=O)Nc1nc(C)ns1. The first-order valence-corrected chi connectivity index (χ1v) is 5.68. The normalized spacial score (nSPS) is 14.7. The largest absolute Gasteiger partial charge is 0.320 e. The molecule has 3 N–H and O–H groups in total. The van der Waals surface area contributed by atoms with E-state index >= 15 is 0 Å². The van der Waals surface area contributed by atoms with Crippen LogP contribution in [0.2, 0.25) is 0 Å². The Bertz CT molecular complexity index is 339. The molecule has 6 heteroatoms. The average molecular weight is 228 g/mol. The number of aromatic nitrogens is 2. The van der Waals surface area contributed by atoms with E-state index in [1.165, 1.54) is 11.5 Å². The Kier molecular flexibility index (Phi) is 4.16. The molecule has 2 atom stereocenters. The molecule has 1 amide bonds. The van der Waals surface area contributed by atoms with Gasteiger partial charge in [0.2, 0.25) is 11.0 Å². The second-order valence-corrected chi connectivity index (χ2v) is 4.30. The maximum absolute atomic E-state index is 11.6. The van der Waals surface area contributed by atoms with E-state index < -0.39 is 6.04 Å². The Morgan fingerprint density at radius 2 is 2.33 bits per heavy atom. The lowest BCUT2D eigenvalue weighted by Gasteiger charge is -2.16. The minimum Gasteiger partial charge on any atom is -0.320 e. The van der Waals surface area contributed by atoms with E-state index in [1.54, 1.807) is 6.92 Å². The summed E-state index contributed by atoms with van der Waals surface area (Å²) in [5.41, 5.74) is 5.77. The third kappa shape index (κ3) is 3.24. The fourth-order valence-corrected chi connectivity index (χ4v) is 1.63. The number of anilines is 1. The van der Waals surface area contributed by atoms with Crippen molar-refractivity contribution in [2.24, 2.45) is 11.7 Å². The van der Waals surface area contributed by atoms with Crippen molar-refractivity contribution in [1.29, 1.82) is 0 Å². The number of nitrogens with one attached hydrogen (secondary N) is 1. The highest BCUT2D eigenvalue weighted by atomic mass is 32.1. The highest BCUT2D eigenvalue weighted by Crippen LogP contribution is 2.12. The van der Waals surface area contributed by atoms with Gasteiger partial charge in [0.05, 0.1) is 6.04 Å². The summed E-state index contributed by atoms with van der Waals surface area (Å²) < 4.78 is 3.97. The predicted molar refractivity (Wildman–Crippen MR) is 60.7 cm³/mol. The summed E-state index contributed by atoms with van der Waals surface area (Å²) >= 11 is 1.17. The van der Waals surface area contributed by atoms with Crippen LogP contribution in [0.15, 0.2) is 0 Å². The van der Waals surface area contributed by atoms with Gasteiger partial charge in [0, 0.05) is 11.5 Å². The highest BCUT2D eigenvalue weighted by molar-refractivity contribution is 7.09. The number of nitrogens with two attached hydrogens (primary N) is 1. The number of nitrogens with zero attached hydrogens (tertiary/aromatic N) is 2. The van der Waals surface area contributed by atoms with Crippen LogP contribution in [-0.4, -0.2) is 21.3 Å². The van der Waals surface area contributed by atoms with E-state index in [9.17, 15) is 4.79 Å². The maximum Gasteiger partial charge on any atom is 0.243 e. The van der Waals surface area contributed by atoms with Gasteiger partial charge in [-0.15, -0.1) is 0 Å². The van der Waals surface area contributed by atoms with Gasteiger partial charge in [-0.2, -0.15) is 4.37 Å². The molecule has 0 bridgehead atoms. The van der Waals surface area contributed by atoms with Crippen molar-refractivity contribution < 1.29 is 4.79 Å². The Morgan fingerprint density at radius 1 is 1.67 bits per heavy atom. The van der Waals surface area contributed by atoms with Crippen molar-refractivity contribution in [3.63, 3.8) is 0 Å². The van der Waals surface area contributed by atoms with E-state index in [0.717, 1.165) is 6.42 Å². The van der Waals surface area contributed by atoms with Crippen molar-refractivity contribution in [2.75, 3.05) is 5.32 Å². The van der Waals surface area contributed by atoms with Gasteiger partial charge in [0.15, 0.2) is 0 Å². The number of hydrogen-bond acceptors (Lipinski definition) is 5. The van der Waals surface area contributed by atoms with Crippen LogP contribution >= 0.6 is 11.5 Å². The zero-order chi connectivity index (χ0) is 11.4. The third-order valence-electron chi connectivity index (χ3n) is 2.32. The predicted octanol–water partition coefficient (Wildman–Crippen LogP) is 1.16. The molecule has 0 radical (unpaired) electrons. The molecule has 0 fully saturated rings. The van der Waals surface area contributed by atoms with Gasteiger partial charge in [-0.3, -0.25) is 10.1 Å². The molecule has 84 valence electrons. The summed E-state index contributed by atoms with van der Waals surface area (Å²) in [6.07, 6.45) is 0.879. The van der Waals surface area contributed by atoms with Gasteiger partial charge in [-0.05, 0) is 12.8 Å². The van der Waals surface area contributed by atoms with Crippen LogP contribution in [0.25, 0.3) is 0 Å². The molecule has 0 aromatic carbocycles. The Hall–Kier alpha value is -1.01. The zero-order valence-corrected chi connectivity index (χ0v) is 9.97. The monoisotopic (exact) mass is 228 g/mol. The number of aryl methyl sites for hydroxylation is 1. The first-order chi connectivity index (χ1) is 7.04. The molecule has 15 heavy (non-hydrogen) atoms. The molecular weight excluding hydrogens is 212 g/mol. The molecule has 0 saturated carbocycles. The first-order valence-electron chi connectivity index (χ1n) is 4.91. The topological polar surface area (TPSA) is 80.9 Å². The number of hydrogen-bond donors (Lipinski definition) is 2. The van der Waals surface area contributed by atoms with Crippen molar-refractivity contribution in [2.45, 2.75) is 33.2 Å². The van der Waals surface area contributed by atoms with E-state index in [1.807, 2.05) is 13.8 Å². The van der Waals surface area contributed by atoms with Crippen molar-refractivity contribution >= 4 is 22.6 Å². The number of amides is 1. The van der Waals surface area contributed by atoms with E-state index in [0.29, 0.717) is 11.0 Å². The summed E-state index contributed by atoms with van der Waals surface area (Å²) in [6.45, 7) is 5.74. The van der Waals surface area contributed by atoms with Crippen LogP contribution in [0.4, 0.5) is 5.13 Å². The fraction of sp³-hybridized carbons (Fsp3) is 0.667. The van der Waals surface area contributed by atoms with Crippen LogP contribution < -0.4 is 11.1 Å². The fourth-order valence-electron chi connectivity index (χ4n) is 1.05. The smallest absolute Gasteiger partial charge is 0.243 e. The molecule has 0 saturated heterocycles. The quantitative estimate of drug-likeness (QED) is 0.810. The Balaban J connectivity index is 2.55. The number of carbonyl (C=O) groups excluding carboxylic acids is 1. The minimum atomic E-state index is -0.487. The molecule has 0 aliphatic heterocycles. The zero-order valence-electron chi connectivity index (χ0n) is 9.15. The van der Waals surface area contributed by atoms with Gasteiger partial charge in [-0.1, -0.05) is 20.3 Å². The van der Waals surface area contributed by atoms with Crippen LogP contribution in [0, 0.1) is 12.8 Å². The summed E-state index contributed by atoms with van der Waals surface area (Å²) in [4.78, 5) is 15.7. The highest BCUT2D eigenvalue weighted by Gasteiger charge is 2.20. The lowest BCUT2D eigenvalue weighted by atomic mass is 10.00. The van der Waals surface area contributed by atoms with E-state index in [2.05, 4.69) is 14.7 Å². The molecule has 1 aromatic rings. The molecule has 1 aromatic heterocycles. The van der Waals surface area contributed by atoms with Gasteiger partial charge in [0.25, 0.3) is 0 Å². The van der Waals surface area contributed by atoms with Crippen LogP contribution in [0.5, 0.6) is 0 Å². The lowest BCUT2D eigenvalue weighted by molar-refractivity contribution is -0.118. The van der Waals surface area contributed by atoms with E-state index in [-0.39, 0.29) is 11.8 Å². The standard InChI is InChI=1S/C9H16N4OS/c1-4-5(2)7(10)8(14)12-9-11-6(3)13-15-9/h5,7H,4,10H2,1-3H3,(H,11,12,13,14). The molecule has 0 spiro atoms. The summed E-state index contributed by atoms with van der Waals surface area (Å²) in [5, 5.41) is 3.17. The van der Waals surface area contributed by atoms with Crippen molar-refractivity contribution in [3.05, 3.63) is 5.82 Å². The van der Waals surface area contributed by atoms with Crippen molar-refractivity contribution in [3.8, 4) is 0 Å². The Labute approximate surface area is 93.3 Å². The number of carbonyl (C=O) groups is 1.